The molecule has 0 N–H and O–H groups in total. The zero-order valence-corrected chi connectivity index (χ0v) is 14.2. The van der Waals surface area contributed by atoms with Crippen molar-refractivity contribution in [2.45, 2.75) is 34.1 Å². The number of esters is 1. The van der Waals surface area contributed by atoms with Crippen molar-refractivity contribution in [2.24, 2.45) is 17.3 Å². The summed E-state index contributed by atoms with van der Waals surface area (Å²) in [6.45, 7) is 9.05. The first kappa shape index (κ1) is 15.9. The van der Waals surface area contributed by atoms with Gasteiger partial charge in [-0.15, -0.1) is 0 Å². The first-order chi connectivity index (χ1) is 10.9. The van der Waals surface area contributed by atoms with Crippen molar-refractivity contribution in [3.05, 3.63) is 35.4 Å². The van der Waals surface area contributed by atoms with Crippen molar-refractivity contribution in [1.82, 2.24) is 0 Å². The van der Waals surface area contributed by atoms with Gasteiger partial charge in [0.2, 0.25) is 6.79 Å². The molecule has 3 rings (SSSR count). The molecule has 124 valence electrons. The van der Waals surface area contributed by atoms with Gasteiger partial charge in [-0.1, -0.05) is 31.6 Å². The summed E-state index contributed by atoms with van der Waals surface area (Å²) in [6.07, 6.45) is 2.87. The molecule has 1 heterocycles. The highest BCUT2D eigenvalue weighted by Crippen LogP contribution is 2.59. The van der Waals surface area contributed by atoms with Gasteiger partial charge in [0.25, 0.3) is 0 Å². The van der Waals surface area contributed by atoms with Crippen LogP contribution in [0.4, 0.5) is 0 Å². The Hall–Kier alpha value is -1.97. The minimum atomic E-state index is -0.0850. The number of hydrogen-bond donors (Lipinski definition) is 0. The zero-order chi connectivity index (χ0) is 16.6. The van der Waals surface area contributed by atoms with E-state index in [9.17, 15) is 4.79 Å². The van der Waals surface area contributed by atoms with Crippen LogP contribution >= 0.6 is 0 Å². The number of benzene rings is 1. The summed E-state index contributed by atoms with van der Waals surface area (Å²) in [5.41, 5.74) is 2.34. The van der Waals surface area contributed by atoms with E-state index in [1.807, 2.05) is 18.2 Å². The van der Waals surface area contributed by atoms with Gasteiger partial charge >= 0.3 is 5.97 Å². The molecule has 2 atom stereocenters. The molecular weight excluding hydrogens is 292 g/mol. The lowest BCUT2D eigenvalue weighted by atomic mass is 10.1. The predicted molar refractivity (Wildman–Crippen MR) is 87.4 cm³/mol. The molecule has 1 fully saturated rings. The van der Waals surface area contributed by atoms with Gasteiger partial charge in [-0.25, -0.2) is 0 Å². The molecule has 4 heteroatoms. The highest BCUT2D eigenvalue weighted by Gasteiger charge is 2.61. The third-order valence-corrected chi connectivity index (χ3v) is 4.75. The van der Waals surface area contributed by atoms with Crippen LogP contribution in [0.1, 0.15) is 33.3 Å². The summed E-state index contributed by atoms with van der Waals surface area (Å²) < 4.78 is 16.1. The van der Waals surface area contributed by atoms with Gasteiger partial charge in [0, 0.05) is 6.42 Å². The molecule has 1 saturated carbocycles. The third-order valence-electron chi connectivity index (χ3n) is 4.75. The molecule has 23 heavy (non-hydrogen) atoms. The van der Waals surface area contributed by atoms with Gasteiger partial charge < -0.3 is 14.2 Å². The maximum absolute atomic E-state index is 12.3. The number of fused-ring (bicyclic) bond motifs is 1. The molecule has 0 aromatic heterocycles. The van der Waals surface area contributed by atoms with Gasteiger partial charge in [-0.2, -0.15) is 0 Å². The van der Waals surface area contributed by atoms with Crippen LogP contribution in [0, 0.1) is 17.3 Å². The largest absolute Gasteiger partial charge is 0.465 e. The van der Waals surface area contributed by atoms with Crippen LogP contribution in [0.25, 0.3) is 0 Å². The number of rotatable bonds is 5. The highest BCUT2D eigenvalue weighted by molar-refractivity contribution is 5.78. The van der Waals surface area contributed by atoms with Gasteiger partial charge in [0.1, 0.15) is 0 Å². The standard InChI is InChI=1S/C19H24O4/c1-12(2)9-14-17(19(14,3)4)18(20)21-8-7-13-5-6-15-16(10-13)23-11-22-15/h5-6,9-10,14,17H,7-8,11H2,1-4H3/t14-,17+/m1/s1. The molecule has 2 aliphatic rings. The van der Waals surface area contributed by atoms with E-state index in [4.69, 9.17) is 14.2 Å². The second kappa shape index (κ2) is 5.91. The lowest BCUT2D eigenvalue weighted by Crippen LogP contribution is -2.12. The SMILES string of the molecule is CC(C)=C[C@@H]1[C@@H](C(=O)OCCc2ccc3c(c2)OCO3)C1(C)C. The van der Waals surface area contributed by atoms with Gasteiger partial charge in [-0.05, 0) is 42.9 Å². The smallest absolute Gasteiger partial charge is 0.310 e. The van der Waals surface area contributed by atoms with E-state index in [0.717, 1.165) is 17.1 Å². The zero-order valence-electron chi connectivity index (χ0n) is 14.2. The molecule has 0 spiro atoms. The van der Waals surface area contributed by atoms with Crippen molar-refractivity contribution in [2.75, 3.05) is 13.4 Å². The fourth-order valence-corrected chi connectivity index (χ4v) is 3.25. The molecule has 1 aromatic rings. The van der Waals surface area contributed by atoms with E-state index in [2.05, 4.69) is 33.8 Å². The van der Waals surface area contributed by atoms with Crippen LogP contribution in [0.3, 0.4) is 0 Å². The number of hydrogen-bond acceptors (Lipinski definition) is 4. The van der Waals surface area contributed by atoms with E-state index < -0.39 is 0 Å². The number of carbonyl (C=O) groups is 1. The summed E-state index contributed by atoms with van der Waals surface area (Å²) in [5.74, 6) is 1.73. The van der Waals surface area contributed by atoms with Crippen molar-refractivity contribution in [1.29, 1.82) is 0 Å². The molecule has 0 radical (unpaired) electrons. The maximum Gasteiger partial charge on any atom is 0.310 e. The Morgan fingerprint density at radius 2 is 2.04 bits per heavy atom. The summed E-state index contributed by atoms with van der Waals surface area (Å²) in [5, 5.41) is 0. The van der Waals surface area contributed by atoms with Crippen LogP contribution in [0.2, 0.25) is 0 Å². The van der Waals surface area contributed by atoms with Crippen molar-refractivity contribution in [3.8, 4) is 11.5 Å². The normalized spacial score (nSPS) is 23.3. The van der Waals surface area contributed by atoms with Crippen LogP contribution in [0.5, 0.6) is 11.5 Å². The van der Waals surface area contributed by atoms with Crippen LogP contribution in [0.15, 0.2) is 29.8 Å². The summed E-state index contributed by atoms with van der Waals surface area (Å²) >= 11 is 0. The van der Waals surface area contributed by atoms with Crippen molar-refractivity contribution in [3.63, 3.8) is 0 Å². The van der Waals surface area contributed by atoms with Gasteiger partial charge in [0.15, 0.2) is 11.5 Å². The minimum Gasteiger partial charge on any atom is -0.465 e. The minimum absolute atomic E-state index is 0.00705. The Bertz CT molecular complexity index is 641. The molecule has 1 aliphatic carbocycles. The Balaban J connectivity index is 1.51. The van der Waals surface area contributed by atoms with Crippen LogP contribution < -0.4 is 9.47 Å². The summed E-state index contributed by atoms with van der Waals surface area (Å²) in [6, 6.07) is 5.83. The average molecular weight is 316 g/mol. The molecular formula is C19H24O4. The fraction of sp³-hybridized carbons (Fsp3) is 0.526. The molecule has 0 saturated heterocycles. The monoisotopic (exact) mass is 316 g/mol. The molecule has 1 aromatic carbocycles. The molecule has 4 nitrogen and oxygen atoms in total. The molecule has 0 unspecified atom stereocenters. The fourth-order valence-electron chi connectivity index (χ4n) is 3.25. The second-order valence-electron chi connectivity index (χ2n) is 7.17. The highest BCUT2D eigenvalue weighted by atomic mass is 16.7. The molecule has 1 aliphatic heterocycles. The Labute approximate surface area is 137 Å². The van der Waals surface area contributed by atoms with Crippen molar-refractivity contribution < 1.29 is 19.0 Å². The number of ether oxygens (including phenoxy) is 3. The number of allylic oxidation sites excluding steroid dienone is 2. The maximum atomic E-state index is 12.3. The van der Waals surface area contributed by atoms with Gasteiger partial charge in [0.05, 0.1) is 12.5 Å². The third kappa shape index (κ3) is 3.21. The van der Waals surface area contributed by atoms with E-state index in [1.165, 1.54) is 5.57 Å². The summed E-state index contributed by atoms with van der Waals surface area (Å²) in [4.78, 5) is 12.3. The van der Waals surface area contributed by atoms with E-state index in [0.29, 0.717) is 18.9 Å². The average Bonchev–Trinajstić information content (AvgIpc) is 2.85. The quantitative estimate of drug-likeness (QED) is 0.613. The second-order valence-corrected chi connectivity index (χ2v) is 7.17. The lowest BCUT2D eigenvalue weighted by molar-refractivity contribution is -0.146. The predicted octanol–water partition coefficient (Wildman–Crippen LogP) is 3.74. The van der Waals surface area contributed by atoms with Crippen molar-refractivity contribution >= 4 is 5.97 Å². The van der Waals surface area contributed by atoms with E-state index in [1.54, 1.807) is 0 Å². The topological polar surface area (TPSA) is 44.8 Å². The molecule has 0 bridgehead atoms. The van der Waals surface area contributed by atoms with Crippen LogP contribution in [-0.4, -0.2) is 19.4 Å². The summed E-state index contributed by atoms with van der Waals surface area (Å²) in [7, 11) is 0. The first-order valence-corrected chi connectivity index (χ1v) is 8.10. The van der Waals surface area contributed by atoms with Gasteiger partial charge in [-0.3, -0.25) is 4.79 Å². The Morgan fingerprint density at radius 1 is 1.30 bits per heavy atom. The Morgan fingerprint density at radius 3 is 2.78 bits per heavy atom. The van der Waals surface area contributed by atoms with E-state index in [-0.39, 0.29) is 24.1 Å². The first-order valence-electron chi connectivity index (χ1n) is 8.10. The Kier molecular flexibility index (Phi) is 4.09. The lowest BCUT2D eigenvalue weighted by Gasteiger charge is -2.06. The molecule has 0 amide bonds. The number of carbonyl (C=O) groups excluding carboxylic acids is 1. The van der Waals surface area contributed by atoms with Crippen LogP contribution in [-0.2, 0) is 16.0 Å². The van der Waals surface area contributed by atoms with E-state index >= 15 is 0 Å².